The van der Waals surface area contributed by atoms with Gasteiger partial charge in [-0.2, -0.15) is 0 Å². The molecule has 0 radical (unpaired) electrons. The molecule has 0 saturated heterocycles. The van der Waals surface area contributed by atoms with Crippen LogP contribution in [0, 0.1) is 18.8 Å². The van der Waals surface area contributed by atoms with Crippen LogP contribution in [0.1, 0.15) is 33.3 Å². The van der Waals surface area contributed by atoms with E-state index in [0.717, 1.165) is 5.56 Å². The zero-order valence-electron chi connectivity index (χ0n) is 16.8. The van der Waals surface area contributed by atoms with Gasteiger partial charge in [0.1, 0.15) is 0 Å². The van der Waals surface area contributed by atoms with Gasteiger partial charge >= 0.3 is 11.9 Å². The highest BCUT2D eigenvalue weighted by atomic mass is 16.6. The molecule has 146 valence electrons. The molecule has 0 heterocycles. The van der Waals surface area contributed by atoms with E-state index in [1.807, 2.05) is 19.1 Å². The zero-order valence-corrected chi connectivity index (χ0v) is 16.8. The molecule has 0 aromatic heterocycles. The largest absolute Gasteiger partial charge is 0.490 e. The molecule has 27 heavy (non-hydrogen) atoms. The maximum Gasteiger partial charge on any atom is 0.313 e. The Morgan fingerprint density at radius 3 is 1.74 bits per heavy atom. The van der Waals surface area contributed by atoms with Crippen LogP contribution in [0.3, 0.4) is 0 Å². The third kappa shape index (κ3) is 3.99. The normalized spacial score (nSPS) is 11.0. The van der Waals surface area contributed by atoms with E-state index in [-0.39, 0.29) is 34.8 Å². The van der Waals surface area contributed by atoms with Gasteiger partial charge in [0.2, 0.25) is 11.5 Å². The van der Waals surface area contributed by atoms with Gasteiger partial charge in [0, 0.05) is 10.8 Å². The van der Waals surface area contributed by atoms with Crippen LogP contribution in [0.15, 0.2) is 18.2 Å². The summed E-state index contributed by atoms with van der Waals surface area (Å²) in [5.74, 6) is -0.522. The highest BCUT2D eigenvalue weighted by molar-refractivity contribution is 6.03. The lowest BCUT2D eigenvalue weighted by Gasteiger charge is -2.21. The van der Waals surface area contributed by atoms with Crippen LogP contribution >= 0.6 is 0 Å². The molecule has 0 atom stereocenters. The number of hydrogen-bond acceptors (Lipinski definition) is 6. The van der Waals surface area contributed by atoms with Crippen LogP contribution in [0.25, 0.3) is 10.8 Å². The summed E-state index contributed by atoms with van der Waals surface area (Å²) in [6.07, 6.45) is 0. The standard InChI is InChI=1S/C21H26O6/c1-11(2)20(22)26-16-14-10-8-9-13(5)15(14)17(27-21(23)12(3)4)19(25-7)18(16)24-6/h8-12H,1-7H3. The number of carbonyl (C=O) groups excluding carboxylic acids is 2. The molecule has 0 bridgehead atoms. The van der Waals surface area contributed by atoms with E-state index in [1.54, 1.807) is 33.8 Å². The Labute approximate surface area is 159 Å². The molecular weight excluding hydrogens is 348 g/mol. The Balaban J connectivity index is 2.86. The summed E-state index contributed by atoms with van der Waals surface area (Å²) in [7, 11) is 2.89. The second-order valence-corrected chi connectivity index (χ2v) is 6.87. The van der Waals surface area contributed by atoms with Crippen molar-refractivity contribution in [1.82, 2.24) is 0 Å². The van der Waals surface area contributed by atoms with E-state index in [1.165, 1.54) is 14.2 Å². The van der Waals surface area contributed by atoms with Crippen LogP contribution < -0.4 is 18.9 Å². The molecule has 2 rings (SSSR count). The number of methoxy groups -OCH3 is 2. The fourth-order valence-electron chi connectivity index (χ4n) is 2.61. The van der Waals surface area contributed by atoms with Gasteiger partial charge in [-0.25, -0.2) is 0 Å². The molecule has 2 aromatic carbocycles. The number of benzene rings is 2. The van der Waals surface area contributed by atoms with Gasteiger partial charge in [0.25, 0.3) is 0 Å². The minimum Gasteiger partial charge on any atom is -0.490 e. The number of fused-ring (bicyclic) bond motifs is 1. The summed E-state index contributed by atoms with van der Waals surface area (Å²) in [6.45, 7) is 8.88. The Kier molecular flexibility index (Phi) is 6.31. The average molecular weight is 374 g/mol. The van der Waals surface area contributed by atoms with Crippen molar-refractivity contribution >= 4 is 22.7 Å². The number of esters is 2. The number of rotatable bonds is 6. The van der Waals surface area contributed by atoms with Gasteiger partial charge in [-0.05, 0) is 12.5 Å². The topological polar surface area (TPSA) is 71.1 Å². The van der Waals surface area contributed by atoms with Crippen molar-refractivity contribution in [3.63, 3.8) is 0 Å². The second kappa shape index (κ2) is 8.29. The van der Waals surface area contributed by atoms with Gasteiger partial charge in [0.05, 0.1) is 26.1 Å². The first-order valence-electron chi connectivity index (χ1n) is 8.83. The molecule has 6 nitrogen and oxygen atoms in total. The average Bonchev–Trinajstić information content (AvgIpc) is 2.62. The summed E-state index contributed by atoms with van der Waals surface area (Å²) >= 11 is 0. The van der Waals surface area contributed by atoms with Crippen molar-refractivity contribution in [2.45, 2.75) is 34.6 Å². The van der Waals surface area contributed by atoms with Crippen molar-refractivity contribution in [2.75, 3.05) is 14.2 Å². The quantitative estimate of drug-likeness (QED) is 0.555. The monoisotopic (exact) mass is 374 g/mol. The Morgan fingerprint density at radius 2 is 1.26 bits per heavy atom. The molecule has 0 amide bonds. The van der Waals surface area contributed by atoms with E-state index >= 15 is 0 Å². The van der Waals surface area contributed by atoms with E-state index in [9.17, 15) is 9.59 Å². The van der Waals surface area contributed by atoms with Crippen LogP contribution in [-0.4, -0.2) is 26.2 Å². The predicted molar refractivity (Wildman–Crippen MR) is 103 cm³/mol. The van der Waals surface area contributed by atoms with Crippen LogP contribution in [0.4, 0.5) is 0 Å². The van der Waals surface area contributed by atoms with Crippen molar-refractivity contribution < 1.29 is 28.5 Å². The van der Waals surface area contributed by atoms with Crippen LogP contribution in [0.2, 0.25) is 0 Å². The summed E-state index contributed by atoms with van der Waals surface area (Å²) in [6, 6.07) is 5.51. The highest BCUT2D eigenvalue weighted by Gasteiger charge is 2.28. The maximum atomic E-state index is 12.3. The summed E-state index contributed by atoms with van der Waals surface area (Å²) < 4.78 is 22.3. The Bertz CT molecular complexity index is 867. The lowest BCUT2D eigenvalue weighted by Crippen LogP contribution is -2.17. The van der Waals surface area contributed by atoms with Crippen molar-refractivity contribution in [3.05, 3.63) is 23.8 Å². The second-order valence-electron chi connectivity index (χ2n) is 6.87. The van der Waals surface area contributed by atoms with Gasteiger partial charge in [-0.3, -0.25) is 9.59 Å². The minimum absolute atomic E-state index is 0.205. The molecule has 0 aliphatic heterocycles. The summed E-state index contributed by atoms with van der Waals surface area (Å²) in [5, 5.41) is 1.24. The first-order valence-corrected chi connectivity index (χ1v) is 8.83. The van der Waals surface area contributed by atoms with E-state index < -0.39 is 11.9 Å². The van der Waals surface area contributed by atoms with Gasteiger partial charge in [-0.15, -0.1) is 0 Å². The molecule has 0 saturated carbocycles. The lowest BCUT2D eigenvalue weighted by atomic mass is 10.0. The van der Waals surface area contributed by atoms with Gasteiger partial charge in [0.15, 0.2) is 11.5 Å². The van der Waals surface area contributed by atoms with Gasteiger partial charge < -0.3 is 18.9 Å². The number of ether oxygens (including phenoxy) is 4. The molecule has 6 heteroatoms. The Morgan fingerprint density at radius 1 is 0.778 bits per heavy atom. The first-order chi connectivity index (χ1) is 12.7. The summed E-state index contributed by atoms with van der Waals surface area (Å²) in [5.41, 5.74) is 0.849. The molecule has 0 fully saturated rings. The predicted octanol–water partition coefficient (Wildman–Crippen LogP) is 4.29. The maximum absolute atomic E-state index is 12.3. The molecule has 0 N–H and O–H groups in total. The van der Waals surface area contributed by atoms with Crippen molar-refractivity contribution in [3.8, 4) is 23.0 Å². The van der Waals surface area contributed by atoms with E-state index in [4.69, 9.17) is 18.9 Å². The Hall–Kier alpha value is -2.76. The molecular formula is C21H26O6. The van der Waals surface area contributed by atoms with Gasteiger partial charge in [-0.1, -0.05) is 45.9 Å². The highest BCUT2D eigenvalue weighted by Crippen LogP contribution is 2.52. The molecule has 0 aliphatic rings. The third-order valence-corrected chi connectivity index (χ3v) is 4.12. The van der Waals surface area contributed by atoms with Crippen molar-refractivity contribution in [2.24, 2.45) is 11.8 Å². The third-order valence-electron chi connectivity index (χ3n) is 4.12. The number of aryl methyl sites for hydroxylation is 1. The minimum atomic E-state index is -0.398. The van der Waals surface area contributed by atoms with E-state index in [0.29, 0.717) is 10.8 Å². The van der Waals surface area contributed by atoms with E-state index in [2.05, 4.69) is 0 Å². The number of hydrogen-bond donors (Lipinski definition) is 0. The fraction of sp³-hybridized carbons (Fsp3) is 0.429. The lowest BCUT2D eigenvalue weighted by molar-refractivity contribution is -0.138. The SMILES string of the molecule is COc1c(OC)c(OC(=O)C(C)C)c2c(C)cccc2c1OC(=O)C(C)C. The van der Waals surface area contributed by atoms with Crippen molar-refractivity contribution in [1.29, 1.82) is 0 Å². The molecule has 0 aliphatic carbocycles. The van der Waals surface area contributed by atoms with Crippen LogP contribution in [0.5, 0.6) is 23.0 Å². The molecule has 2 aromatic rings. The fourth-order valence-corrected chi connectivity index (χ4v) is 2.61. The summed E-state index contributed by atoms with van der Waals surface area (Å²) in [4.78, 5) is 24.5. The first kappa shape index (κ1) is 20.6. The number of carbonyl (C=O) groups is 2. The molecule has 0 spiro atoms. The van der Waals surface area contributed by atoms with Crippen LogP contribution in [-0.2, 0) is 9.59 Å². The molecule has 0 unspecified atom stereocenters. The zero-order chi connectivity index (χ0) is 20.3. The smallest absolute Gasteiger partial charge is 0.313 e.